The van der Waals surface area contributed by atoms with Gasteiger partial charge in [0.2, 0.25) is 5.88 Å². The first-order chi connectivity index (χ1) is 60.3. The number of pyridine rings is 1. The van der Waals surface area contributed by atoms with Crippen LogP contribution in [0, 0.1) is 13.8 Å². The van der Waals surface area contributed by atoms with E-state index < -0.39 is 0 Å². The summed E-state index contributed by atoms with van der Waals surface area (Å²) in [6, 6.07) is 9.88. The summed E-state index contributed by atoms with van der Waals surface area (Å²) in [6.07, 6.45) is 53.4. The number of nitrogens with zero attached hydrogens (tertiary/aromatic N) is 30. The Hall–Kier alpha value is -14.9. The van der Waals surface area contributed by atoms with Crippen molar-refractivity contribution in [2.75, 3.05) is 52.8 Å². The summed E-state index contributed by atoms with van der Waals surface area (Å²) >= 11 is 5.93. The lowest BCUT2D eigenvalue weighted by Gasteiger charge is -2.20. The molecule has 0 amide bonds. The van der Waals surface area contributed by atoms with Crippen molar-refractivity contribution in [1.82, 2.24) is 155 Å². The molecule has 0 spiro atoms. The van der Waals surface area contributed by atoms with Gasteiger partial charge in [0.25, 0.3) is 0 Å². The zero-order chi connectivity index (χ0) is 83.4. The van der Waals surface area contributed by atoms with Crippen LogP contribution in [0.4, 0.5) is 55.5 Å². The van der Waals surface area contributed by atoms with Crippen molar-refractivity contribution in [3.8, 4) is 62.2 Å². The lowest BCUT2D eigenvalue weighted by Crippen LogP contribution is -2.28. The van der Waals surface area contributed by atoms with Crippen molar-refractivity contribution < 1.29 is 9.26 Å². The Morgan fingerprint density at radius 1 is 0.439 bits per heavy atom. The van der Waals surface area contributed by atoms with Crippen LogP contribution >= 0.6 is 45.9 Å². The van der Waals surface area contributed by atoms with Gasteiger partial charge in [0, 0.05) is 205 Å². The summed E-state index contributed by atoms with van der Waals surface area (Å²) in [6.45, 7) is 7.68. The number of hydrogen-bond acceptors (Lipinski definition) is 33. The molecule has 2 fully saturated rings. The second-order valence-corrected chi connectivity index (χ2v) is 32.0. The number of aryl methyl sites for hydroxylation is 7. The largest absolute Gasteiger partial charge is 0.473 e. The molecule has 2 saturated heterocycles. The number of nitrogens with one attached hydrogen (secondary N) is 7. The van der Waals surface area contributed by atoms with Gasteiger partial charge in [-0.25, -0.2) is 54.8 Å². The molecule has 2 aliphatic heterocycles. The zero-order valence-electron chi connectivity index (χ0n) is 67.0. The molecule has 0 aliphatic carbocycles. The molecule has 0 aromatic carbocycles. The number of fused-ring (bicyclic) bond motifs is 6. The Kier molecular flexibility index (Phi) is 21.8. The van der Waals surface area contributed by atoms with Gasteiger partial charge in [0.05, 0.1) is 96.1 Å². The van der Waals surface area contributed by atoms with E-state index in [0.717, 1.165) is 171 Å². The topological polar surface area (TPSA) is 411 Å². The van der Waals surface area contributed by atoms with Gasteiger partial charge >= 0.3 is 0 Å². The third-order valence-electron chi connectivity index (χ3n) is 20.2. The minimum absolute atomic E-state index is 0.165. The monoisotopic (exact) mass is 1720 g/mol. The van der Waals surface area contributed by atoms with Gasteiger partial charge in [-0.15, -0.1) is 11.3 Å². The van der Waals surface area contributed by atoms with Gasteiger partial charge in [0.1, 0.15) is 37.3 Å². The van der Waals surface area contributed by atoms with Crippen LogP contribution in [0.15, 0.2) is 208 Å². The third-order valence-corrected chi connectivity index (χ3v) is 23.3. The summed E-state index contributed by atoms with van der Waals surface area (Å²) in [5.74, 6) is 5.27. The van der Waals surface area contributed by atoms with E-state index in [1.54, 1.807) is 78.1 Å². The Balaban J connectivity index is 0.000000101. The lowest BCUT2D eigenvalue weighted by atomic mass is 9.96. The molecule has 123 heavy (non-hydrogen) atoms. The average molecular weight is 1720 g/mol. The van der Waals surface area contributed by atoms with E-state index in [9.17, 15) is 0 Å². The van der Waals surface area contributed by atoms with E-state index in [1.807, 2.05) is 219 Å². The number of rotatable bonds is 18. The first kappa shape index (κ1) is 78.0. The number of hydrogen-bond donors (Lipinski definition) is 7. The molecule has 0 radical (unpaired) electrons. The van der Waals surface area contributed by atoms with Crippen molar-refractivity contribution in [3.05, 3.63) is 220 Å². The number of piperidine rings is 1. The van der Waals surface area contributed by atoms with Gasteiger partial charge in [-0.3, -0.25) is 45.4 Å². The van der Waals surface area contributed by atoms with E-state index in [4.69, 9.17) is 9.26 Å². The van der Waals surface area contributed by atoms with Crippen LogP contribution in [-0.2, 0) is 35.2 Å². The summed E-state index contributed by atoms with van der Waals surface area (Å²) in [5, 5.41) is 54.5. The zero-order valence-corrected chi connectivity index (χ0v) is 70.3. The molecule has 43 heteroatoms. The molecule has 23 heterocycles. The number of anilines is 10. The second kappa shape index (κ2) is 34.4. The van der Waals surface area contributed by atoms with E-state index >= 15 is 0 Å². The standard InChI is InChI=1S/C19H20N8O.C18H20N8S.C15H15N7O.C15H11N7S2.C13H11N7S/c1-26-12-13(9-24-26)16-11-23-19-18(22-6-7-27(16)19)25-14-2-5-21-17(8-14)28-15-3-4-20-10-15;1-25-11-13(9-22-25)15-10-21-18-17(20-5-6-26(15)18)23-16-7-14(24-27-16)12-3-2-4-19-8-12;1-9-13(10(2)23-20-9)19-14-15-17-7-12(22(15)5-4-16-14)11-6-18-21(3)8-11;1-21-8-9(6-18-21)11-7-17-13-12(16-3-4-22(11)13)19-14-10-2-5-23-15(10)20-24-14;1-19-8-9(6-16-19)10-7-15-13-12(14-4-5-20(10)13)18-11-2-3-17-21-11/h2,5-9,11-12,15,20H,3-4,10H2,1H3,(H,21,22,25);5-7,9-12,19H,2-4,8H2,1H3,(H,20,23);4-8H,1-3H3,(H,16,19);2-8H,1H3,(H,16,19);2-8H,1H3,(H,14,18)/t15-;;;;/m0..../s1. The Labute approximate surface area is 714 Å². The fraction of sp³-hybridized carbons (Fsp3) is 0.200. The summed E-state index contributed by atoms with van der Waals surface area (Å²) in [7, 11) is 9.48. The summed E-state index contributed by atoms with van der Waals surface area (Å²) in [5.41, 5.74) is 17.3. The molecular weight excluding hydrogens is 1640 g/mol. The van der Waals surface area contributed by atoms with Crippen LogP contribution in [0.5, 0.6) is 5.88 Å². The van der Waals surface area contributed by atoms with Crippen LogP contribution < -0.4 is 42.0 Å². The van der Waals surface area contributed by atoms with Gasteiger partial charge in [0.15, 0.2) is 63.1 Å². The smallest absolute Gasteiger partial charge is 0.215 e. The minimum Gasteiger partial charge on any atom is -0.473 e. The predicted octanol–water partition coefficient (Wildman–Crippen LogP) is 13.2. The van der Waals surface area contributed by atoms with Crippen molar-refractivity contribution in [1.29, 1.82) is 0 Å². The molecule has 21 aromatic rings. The Morgan fingerprint density at radius 2 is 0.911 bits per heavy atom. The fourth-order valence-corrected chi connectivity index (χ4v) is 17.2. The molecular formula is C80H77N37O2S4. The second-order valence-electron chi connectivity index (χ2n) is 28.7. The van der Waals surface area contributed by atoms with Crippen LogP contribution in [0.25, 0.3) is 94.7 Å². The SMILES string of the molecule is Cc1noc(C)c1Nc1nccn2c(-c3cnn(C)c3)cnc12.Cn1cc(-c2cnc3c(Nc4cc(C5CCCNC5)ns4)nccn23)cn1.Cn1cc(-c2cnc3c(Nc4ccnc(O[C@H]5CCNC5)c4)nccn23)cn1.Cn1cc(-c2cnc3c(Nc4ccns4)nccn23)cn1.Cn1cc(-c2cnc3c(Nc4snc5sccc45)nccn23)cn1. The number of imidazole rings is 5. The van der Waals surface area contributed by atoms with Gasteiger partial charge < -0.3 is 46.5 Å². The predicted molar refractivity (Wildman–Crippen MR) is 471 cm³/mol. The summed E-state index contributed by atoms with van der Waals surface area (Å²) < 4.78 is 43.1. The normalized spacial score (nSPS) is 13.8. The lowest BCUT2D eigenvalue weighted by molar-refractivity contribution is 0.214. The molecule has 0 saturated carbocycles. The molecule has 0 bridgehead atoms. The van der Waals surface area contributed by atoms with E-state index in [1.165, 1.54) is 47.4 Å². The van der Waals surface area contributed by atoms with Crippen LogP contribution in [0.3, 0.4) is 0 Å². The van der Waals surface area contributed by atoms with Crippen molar-refractivity contribution in [2.45, 2.75) is 45.1 Å². The quantitative estimate of drug-likeness (QED) is 0.0419. The Morgan fingerprint density at radius 3 is 1.34 bits per heavy atom. The molecule has 618 valence electrons. The maximum absolute atomic E-state index is 5.94. The minimum atomic E-state index is 0.165. The molecule has 2 atom stereocenters. The van der Waals surface area contributed by atoms with Gasteiger partial charge in [-0.2, -0.15) is 38.6 Å². The highest BCUT2D eigenvalue weighted by molar-refractivity contribution is 7.21. The van der Waals surface area contributed by atoms with E-state index in [-0.39, 0.29) is 6.10 Å². The first-order valence-corrected chi connectivity index (χ1v) is 42.1. The fourth-order valence-electron chi connectivity index (χ4n) is 14.3. The molecule has 23 rings (SSSR count). The molecule has 21 aromatic heterocycles. The number of thiophene rings is 1. The van der Waals surface area contributed by atoms with Crippen LogP contribution in [-0.4, -0.2) is 176 Å². The molecule has 7 N–H and O–H groups in total. The van der Waals surface area contributed by atoms with Gasteiger partial charge in [-0.05, 0) is 110 Å². The summed E-state index contributed by atoms with van der Waals surface area (Å²) in [4.78, 5) is 50.1. The molecule has 2 aliphatic rings. The average Bonchev–Trinajstić information content (AvgIpc) is 1.65. The third kappa shape index (κ3) is 16.7. The molecule has 1 unspecified atom stereocenters. The van der Waals surface area contributed by atoms with Crippen LogP contribution in [0.2, 0.25) is 0 Å². The Bertz CT molecular complexity index is 7190. The van der Waals surface area contributed by atoms with E-state index in [0.29, 0.717) is 40.8 Å². The van der Waals surface area contributed by atoms with E-state index in [2.05, 4.69) is 148 Å². The highest BCUT2D eigenvalue weighted by Crippen LogP contribution is 2.37. The molecule has 39 nitrogen and oxygen atoms in total. The van der Waals surface area contributed by atoms with Crippen molar-refractivity contribution >= 4 is 140 Å². The maximum atomic E-state index is 5.94. The number of ether oxygens (including phenoxy) is 1. The highest BCUT2D eigenvalue weighted by atomic mass is 32.1. The van der Waals surface area contributed by atoms with Crippen molar-refractivity contribution in [2.24, 2.45) is 35.2 Å². The first-order valence-electron chi connectivity index (χ1n) is 38.9. The maximum Gasteiger partial charge on any atom is 0.215 e. The van der Waals surface area contributed by atoms with Crippen LogP contribution in [0.1, 0.15) is 42.3 Å². The number of aromatic nitrogens is 30. The van der Waals surface area contributed by atoms with Gasteiger partial charge in [-0.1, -0.05) is 5.16 Å². The highest BCUT2D eigenvalue weighted by Gasteiger charge is 2.24. The van der Waals surface area contributed by atoms with Crippen molar-refractivity contribution in [3.63, 3.8) is 0 Å².